The van der Waals surface area contributed by atoms with E-state index in [1.54, 1.807) is 55.6 Å². The van der Waals surface area contributed by atoms with Gasteiger partial charge in [-0.25, -0.2) is 8.42 Å². The minimum Gasteiger partial charge on any atom is -0.497 e. The van der Waals surface area contributed by atoms with Crippen molar-refractivity contribution >= 4 is 33.0 Å². The van der Waals surface area contributed by atoms with Crippen LogP contribution in [0.15, 0.2) is 60.0 Å². The lowest BCUT2D eigenvalue weighted by atomic mass is 10.1. The molecule has 1 heterocycles. The summed E-state index contributed by atoms with van der Waals surface area (Å²) in [4.78, 5) is 14.5. The molecule has 0 saturated heterocycles. The number of anilines is 1. The van der Waals surface area contributed by atoms with Crippen molar-refractivity contribution in [1.29, 1.82) is 0 Å². The molecule has 0 radical (unpaired) electrons. The average molecular weight is 378 g/mol. The van der Waals surface area contributed by atoms with Crippen LogP contribution in [0.4, 0.5) is 5.69 Å². The molecule has 1 amide bonds. The second kappa shape index (κ2) is 6.90. The largest absolute Gasteiger partial charge is 0.497 e. The van der Waals surface area contributed by atoms with E-state index >= 15 is 0 Å². The number of ether oxygens (including phenoxy) is 1. The number of benzene rings is 2. The normalized spacial score (nSPS) is 18.1. The van der Waals surface area contributed by atoms with E-state index in [2.05, 4.69) is 0 Å². The highest BCUT2D eigenvalue weighted by atomic mass is 35.5. The summed E-state index contributed by atoms with van der Waals surface area (Å²) in [5, 5.41) is 1.62. The molecule has 0 spiro atoms. The van der Waals surface area contributed by atoms with Crippen LogP contribution in [-0.2, 0) is 9.84 Å². The molecular weight excluding hydrogens is 362 g/mol. The van der Waals surface area contributed by atoms with Crippen LogP contribution in [0.1, 0.15) is 10.4 Å². The number of amides is 1. The number of hydrogen-bond donors (Lipinski definition) is 0. The molecule has 1 aliphatic heterocycles. The third kappa shape index (κ3) is 3.86. The third-order valence-corrected chi connectivity index (χ3v) is 5.50. The van der Waals surface area contributed by atoms with Crippen LogP contribution < -0.4 is 9.64 Å². The van der Waals surface area contributed by atoms with Crippen LogP contribution in [0.5, 0.6) is 5.75 Å². The standard InChI is InChI=1S/C18H16ClNO4S/c1-24-17-7-5-13(6-8-17)18(21)20(15-4-2-3-14(19)11-15)16-9-10-25(22,23)12-16/h2-11,16H,12H2,1H3. The summed E-state index contributed by atoms with van der Waals surface area (Å²) in [5.41, 5.74) is 0.971. The van der Waals surface area contributed by atoms with Crippen molar-refractivity contribution in [2.24, 2.45) is 0 Å². The number of nitrogens with zero attached hydrogens (tertiary/aromatic N) is 1. The first-order valence-electron chi connectivity index (χ1n) is 7.54. The molecular formula is C18H16ClNO4S. The summed E-state index contributed by atoms with van der Waals surface area (Å²) in [6, 6.07) is 12.9. The molecule has 1 unspecified atom stereocenters. The SMILES string of the molecule is COc1ccc(C(=O)N(c2cccc(Cl)c2)C2C=CS(=O)(=O)C2)cc1. The lowest BCUT2D eigenvalue weighted by Gasteiger charge is -2.28. The maximum absolute atomic E-state index is 13.1. The van der Waals surface area contributed by atoms with Gasteiger partial charge in [0.1, 0.15) is 5.75 Å². The maximum atomic E-state index is 13.1. The van der Waals surface area contributed by atoms with E-state index < -0.39 is 15.9 Å². The van der Waals surface area contributed by atoms with Gasteiger partial charge in [-0.1, -0.05) is 17.7 Å². The van der Waals surface area contributed by atoms with Crippen molar-refractivity contribution in [3.63, 3.8) is 0 Å². The Morgan fingerprint density at radius 1 is 1.20 bits per heavy atom. The second-order valence-electron chi connectivity index (χ2n) is 5.61. The molecule has 1 aliphatic rings. The highest BCUT2D eigenvalue weighted by Crippen LogP contribution is 2.27. The van der Waals surface area contributed by atoms with Crippen LogP contribution in [0.25, 0.3) is 0 Å². The molecule has 0 bridgehead atoms. The number of sulfone groups is 1. The molecule has 0 N–H and O–H groups in total. The van der Waals surface area contributed by atoms with E-state index in [0.29, 0.717) is 22.0 Å². The molecule has 1 atom stereocenters. The number of carbonyl (C=O) groups excluding carboxylic acids is 1. The monoisotopic (exact) mass is 377 g/mol. The molecule has 3 rings (SSSR count). The summed E-state index contributed by atoms with van der Waals surface area (Å²) in [6.45, 7) is 0. The Balaban J connectivity index is 2.01. The Morgan fingerprint density at radius 3 is 2.48 bits per heavy atom. The molecule has 0 aliphatic carbocycles. The average Bonchev–Trinajstić information content (AvgIpc) is 2.94. The minimum absolute atomic E-state index is 0.151. The van der Waals surface area contributed by atoms with Crippen molar-refractivity contribution in [2.45, 2.75) is 6.04 Å². The molecule has 7 heteroatoms. The zero-order valence-electron chi connectivity index (χ0n) is 13.4. The van der Waals surface area contributed by atoms with E-state index in [1.165, 1.54) is 11.0 Å². The highest BCUT2D eigenvalue weighted by Gasteiger charge is 2.32. The zero-order chi connectivity index (χ0) is 18.0. The number of carbonyl (C=O) groups is 1. The van der Waals surface area contributed by atoms with Crippen LogP contribution in [0, 0.1) is 0 Å². The summed E-state index contributed by atoms with van der Waals surface area (Å²) >= 11 is 6.05. The summed E-state index contributed by atoms with van der Waals surface area (Å²) in [7, 11) is -1.77. The number of methoxy groups -OCH3 is 1. The van der Waals surface area contributed by atoms with Gasteiger partial charge in [0.25, 0.3) is 5.91 Å². The number of halogens is 1. The third-order valence-electron chi connectivity index (χ3n) is 3.88. The van der Waals surface area contributed by atoms with E-state index in [1.807, 2.05) is 0 Å². The molecule has 2 aromatic carbocycles. The van der Waals surface area contributed by atoms with Gasteiger partial charge < -0.3 is 9.64 Å². The van der Waals surface area contributed by atoms with Crippen LogP contribution >= 0.6 is 11.6 Å². The number of hydrogen-bond acceptors (Lipinski definition) is 4. The second-order valence-corrected chi connectivity index (χ2v) is 7.98. The van der Waals surface area contributed by atoms with Crippen molar-refractivity contribution in [3.8, 4) is 5.75 Å². The molecule has 5 nitrogen and oxygen atoms in total. The summed E-state index contributed by atoms with van der Waals surface area (Å²) < 4.78 is 28.7. The Labute approximate surface area is 151 Å². The maximum Gasteiger partial charge on any atom is 0.258 e. The van der Waals surface area contributed by atoms with E-state index in [-0.39, 0.29) is 11.7 Å². The van der Waals surface area contributed by atoms with Crippen molar-refractivity contribution < 1.29 is 17.9 Å². The van der Waals surface area contributed by atoms with Crippen LogP contribution in [0.2, 0.25) is 5.02 Å². The van der Waals surface area contributed by atoms with E-state index in [9.17, 15) is 13.2 Å². The predicted octanol–water partition coefficient (Wildman–Crippen LogP) is 3.31. The Bertz CT molecular complexity index is 922. The fraction of sp³-hybridized carbons (Fsp3) is 0.167. The highest BCUT2D eigenvalue weighted by molar-refractivity contribution is 7.94. The first-order chi connectivity index (χ1) is 11.9. The van der Waals surface area contributed by atoms with Gasteiger partial charge in [0.15, 0.2) is 9.84 Å². The van der Waals surface area contributed by atoms with Gasteiger partial charge in [-0.2, -0.15) is 0 Å². The Morgan fingerprint density at radius 2 is 1.92 bits per heavy atom. The molecule has 25 heavy (non-hydrogen) atoms. The lowest BCUT2D eigenvalue weighted by Crippen LogP contribution is -2.41. The first kappa shape index (κ1) is 17.5. The van der Waals surface area contributed by atoms with Crippen LogP contribution in [-0.4, -0.2) is 33.2 Å². The van der Waals surface area contributed by atoms with Crippen LogP contribution in [0.3, 0.4) is 0 Å². The quantitative estimate of drug-likeness (QED) is 0.820. The Hall–Kier alpha value is -2.31. The van der Waals surface area contributed by atoms with Gasteiger partial charge in [0, 0.05) is 21.7 Å². The van der Waals surface area contributed by atoms with Gasteiger partial charge in [-0.15, -0.1) is 0 Å². The van der Waals surface area contributed by atoms with Crippen molar-refractivity contribution in [1.82, 2.24) is 0 Å². The molecule has 130 valence electrons. The zero-order valence-corrected chi connectivity index (χ0v) is 15.0. The minimum atomic E-state index is -3.31. The van der Waals surface area contributed by atoms with Crippen molar-refractivity contribution in [2.75, 3.05) is 17.8 Å². The van der Waals surface area contributed by atoms with Gasteiger partial charge in [-0.3, -0.25) is 4.79 Å². The Kier molecular flexibility index (Phi) is 4.83. The van der Waals surface area contributed by atoms with E-state index in [4.69, 9.17) is 16.3 Å². The van der Waals surface area contributed by atoms with Gasteiger partial charge in [0.2, 0.25) is 0 Å². The molecule has 2 aromatic rings. The summed E-state index contributed by atoms with van der Waals surface area (Å²) in [6.07, 6.45) is 1.53. The van der Waals surface area contributed by atoms with Crippen molar-refractivity contribution in [3.05, 3.63) is 70.6 Å². The number of rotatable bonds is 4. The van der Waals surface area contributed by atoms with E-state index in [0.717, 1.165) is 5.41 Å². The van der Waals surface area contributed by atoms with Gasteiger partial charge in [0.05, 0.1) is 18.9 Å². The fourth-order valence-electron chi connectivity index (χ4n) is 2.68. The predicted molar refractivity (Wildman–Crippen MR) is 98.0 cm³/mol. The smallest absolute Gasteiger partial charge is 0.258 e. The summed E-state index contributed by atoms with van der Waals surface area (Å²) in [5.74, 6) is 0.173. The first-order valence-corrected chi connectivity index (χ1v) is 9.63. The molecule has 0 fully saturated rings. The molecule has 0 saturated carbocycles. The van der Waals surface area contributed by atoms with Gasteiger partial charge >= 0.3 is 0 Å². The topological polar surface area (TPSA) is 63.7 Å². The molecule has 0 aromatic heterocycles. The lowest BCUT2D eigenvalue weighted by molar-refractivity contribution is 0.0983. The fourth-order valence-corrected chi connectivity index (χ4v) is 4.13. The van der Waals surface area contributed by atoms with Gasteiger partial charge in [-0.05, 0) is 48.5 Å².